The van der Waals surface area contributed by atoms with Crippen molar-refractivity contribution in [2.45, 2.75) is 6.92 Å². The van der Waals surface area contributed by atoms with Gasteiger partial charge in [0.15, 0.2) is 0 Å². The Labute approximate surface area is 152 Å². The molecular formula is C15H13Cl2FN2O5. The van der Waals surface area contributed by atoms with Gasteiger partial charge in [0, 0.05) is 5.56 Å². The molecular weight excluding hydrogens is 378 g/mol. The molecule has 1 aliphatic rings. The summed E-state index contributed by atoms with van der Waals surface area (Å²) in [6, 6.07) is 1.96. The molecule has 0 radical (unpaired) electrons. The molecule has 1 aromatic rings. The highest BCUT2D eigenvalue weighted by molar-refractivity contribution is 6.36. The Morgan fingerprint density at radius 3 is 2.80 bits per heavy atom. The Balaban J connectivity index is 2.47. The maximum Gasteiger partial charge on any atom is 0.430 e. The Morgan fingerprint density at radius 2 is 2.20 bits per heavy atom. The van der Waals surface area contributed by atoms with E-state index in [1.165, 1.54) is 0 Å². The van der Waals surface area contributed by atoms with Gasteiger partial charge in [0.25, 0.3) is 0 Å². The first-order valence-electron chi connectivity index (χ1n) is 7.08. The van der Waals surface area contributed by atoms with E-state index in [0.717, 1.165) is 23.4 Å². The van der Waals surface area contributed by atoms with Gasteiger partial charge in [-0.05, 0) is 19.1 Å². The number of hydrogen-bond acceptors (Lipinski definition) is 6. The quantitative estimate of drug-likeness (QED) is 0.273. The summed E-state index contributed by atoms with van der Waals surface area (Å²) in [5.41, 5.74) is -0.591. The zero-order valence-electron chi connectivity index (χ0n) is 13.0. The summed E-state index contributed by atoms with van der Waals surface area (Å²) in [6.45, 7) is 1.92. The summed E-state index contributed by atoms with van der Waals surface area (Å²) in [5, 5.41) is 14.8. The molecule has 1 saturated heterocycles. The van der Waals surface area contributed by atoms with Crippen molar-refractivity contribution in [3.63, 3.8) is 0 Å². The molecule has 134 valence electrons. The van der Waals surface area contributed by atoms with Crippen LogP contribution < -0.4 is 0 Å². The number of hydrazone groups is 1. The number of nitrogens with zero attached hydrogens (tertiary/aromatic N) is 2. The maximum atomic E-state index is 13.7. The average Bonchev–Trinajstić information content (AvgIpc) is 2.96. The molecule has 25 heavy (non-hydrogen) atoms. The average molecular weight is 391 g/mol. The van der Waals surface area contributed by atoms with E-state index in [1.54, 1.807) is 6.92 Å². The monoisotopic (exact) mass is 390 g/mol. The second-order valence-electron chi connectivity index (χ2n) is 4.71. The van der Waals surface area contributed by atoms with Gasteiger partial charge in [-0.25, -0.2) is 14.0 Å². The highest BCUT2D eigenvalue weighted by Crippen LogP contribution is 2.29. The number of hydrogen-bond donors (Lipinski definition) is 1. The lowest BCUT2D eigenvalue weighted by molar-refractivity contribution is -0.137. The van der Waals surface area contributed by atoms with Crippen molar-refractivity contribution in [1.29, 1.82) is 0 Å². The lowest BCUT2D eigenvalue weighted by atomic mass is 10.1. The van der Waals surface area contributed by atoms with E-state index in [-0.39, 0.29) is 35.4 Å². The highest BCUT2D eigenvalue weighted by Gasteiger charge is 2.23. The molecule has 0 bridgehead atoms. The lowest BCUT2D eigenvalue weighted by Crippen LogP contribution is -2.19. The van der Waals surface area contributed by atoms with Crippen molar-refractivity contribution < 1.29 is 28.6 Å². The molecule has 0 aromatic heterocycles. The smallest absolute Gasteiger partial charge is 0.430 e. The largest absolute Gasteiger partial charge is 0.506 e. The van der Waals surface area contributed by atoms with Crippen LogP contribution in [0, 0.1) is 5.82 Å². The fourth-order valence-corrected chi connectivity index (χ4v) is 2.36. The van der Waals surface area contributed by atoms with Crippen LogP contribution in [0.25, 0.3) is 5.76 Å². The number of ether oxygens (including phenoxy) is 2. The molecule has 1 aromatic carbocycles. The molecule has 1 fully saturated rings. The van der Waals surface area contributed by atoms with Crippen LogP contribution in [0.15, 0.2) is 22.8 Å². The van der Waals surface area contributed by atoms with Crippen LogP contribution in [0.4, 0.5) is 9.18 Å². The number of amides is 1. The predicted molar refractivity (Wildman–Crippen MR) is 89.1 cm³/mol. The molecule has 1 heterocycles. The molecule has 1 N–H and O–H groups in total. The Hall–Kier alpha value is -2.32. The second-order valence-corrected chi connectivity index (χ2v) is 5.53. The minimum absolute atomic E-state index is 0.0257. The number of rotatable bonds is 5. The second kappa shape index (κ2) is 8.17. The van der Waals surface area contributed by atoms with Crippen LogP contribution in [0.5, 0.6) is 0 Å². The zero-order chi connectivity index (χ0) is 18.6. The number of aliphatic hydroxyl groups excluding tert-OH is 1. The summed E-state index contributed by atoms with van der Waals surface area (Å²) in [4.78, 5) is 23.4. The van der Waals surface area contributed by atoms with E-state index in [0.29, 0.717) is 0 Å². The normalized spacial score (nSPS) is 15.4. The Morgan fingerprint density at radius 1 is 1.48 bits per heavy atom. The van der Waals surface area contributed by atoms with Crippen molar-refractivity contribution in [1.82, 2.24) is 5.01 Å². The first kappa shape index (κ1) is 19.0. The van der Waals surface area contributed by atoms with Crippen LogP contribution in [-0.4, -0.2) is 48.2 Å². The van der Waals surface area contributed by atoms with Crippen molar-refractivity contribution in [3.8, 4) is 0 Å². The number of benzene rings is 1. The number of carbonyl (C=O) groups is 2. The van der Waals surface area contributed by atoms with Crippen molar-refractivity contribution in [3.05, 3.63) is 39.1 Å². The molecule has 2 rings (SSSR count). The summed E-state index contributed by atoms with van der Waals surface area (Å²) in [6.07, 6.45) is 0.220. The predicted octanol–water partition coefficient (Wildman–Crippen LogP) is 3.40. The molecule has 7 nitrogen and oxygen atoms in total. The van der Waals surface area contributed by atoms with Crippen molar-refractivity contribution in [2.75, 3.05) is 19.8 Å². The molecule has 1 amide bonds. The van der Waals surface area contributed by atoms with Gasteiger partial charge >= 0.3 is 12.1 Å². The first-order chi connectivity index (χ1) is 11.8. The fourth-order valence-electron chi connectivity index (χ4n) is 1.89. The van der Waals surface area contributed by atoms with Crippen LogP contribution in [0.3, 0.4) is 0 Å². The number of cyclic esters (lactones) is 1. The molecule has 0 atom stereocenters. The molecule has 0 spiro atoms. The standard InChI is InChI=1S/C15H13Cl2FN2O5/c1-2-24-14(22)9(7-19-20-3-4-25-15(20)23)13(21)8-5-12(18)11(17)6-10(8)16/h5-7,21H,2-4H2,1H3. The lowest BCUT2D eigenvalue weighted by Gasteiger charge is -2.10. The third-order valence-electron chi connectivity index (χ3n) is 3.08. The zero-order valence-corrected chi connectivity index (χ0v) is 14.5. The SMILES string of the molecule is CCOC(=O)C(C=NN1CCOC1=O)=C(O)c1cc(F)c(Cl)cc1Cl. The van der Waals surface area contributed by atoms with Gasteiger partial charge in [-0.2, -0.15) is 10.1 Å². The number of esters is 1. The van der Waals surface area contributed by atoms with Gasteiger partial charge in [-0.3, -0.25) is 0 Å². The van der Waals surface area contributed by atoms with E-state index < -0.39 is 29.2 Å². The minimum atomic E-state index is -0.928. The Bertz CT molecular complexity index is 767. The third-order valence-corrected chi connectivity index (χ3v) is 3.68. The van der Waals surface area contributed by atoms with Gasteiger partial charge in [0.1, 0.15) is 23.8 Å². The molecule has 1 aliphatic heterocycles. The highest BCUT2D eigenvalue weighted by atomic mass is 35.5. The van der Waals surface area contributed by atoms with Crippen LogP contribution in [-0.2, 0) is 14.3 Å². The summed E-state index contributed by atoms with van der Waals surface area (Å²) in [7, 11) is 0. The summed E-state index contributed by atoms with van der Waals surface area (Å²) < 4.78 is 23.2. The maximum absolute atomic E-state index is 13.7. The first-order valence-corrected chi connectivity index (χ1v) is 7.84. The minimum Gasteiger partial charge on any atom is -0.506 e. The summed E-state index contributed by atoms with van der Waals surface area (Å²) in [5.74, 6) is -2.44. The van der Waals surface area contributed by atoms with E-state index in [4.69, 9.17) is 32.7 Å². The topological polar surface area (TPSA) is 88.4 Å². The Kier molecular flexibility index (Phi) is 6.22. The van der Waals surface area contributed by atoms with Crippen molar-refractivity contribution in [2.24, 2.45) is 5.10 Å². The van der Waals surface area contributed by atoms with E-state index in [2.05, 4.69) is 5.10 Å². The molecule has 10 heteroatoms. The van der Waals surface area contributed by atoms with Gasteiger partial charge < -0.3 is 14.6 Å². The number of aliphatic hydroxyl groups is 1. The van der Waals surface area contributed by atoms with E-state index in [1.807, 2.05) is 0 Å². The molecule has 0 saturated carbocycles. The number of halogens is 3. The van der Waals surface area contributed by atoms with Gasteiger partial charge in [-0.1, -0.05) is 23.2 Å². The fraction of sp³-hybridized carbons (Fsp3) is 0.267. The van der Waals surface area contributed by atoms with Gasteiger partial charge in [0.2, 0.25) is 0 Å². The van der Waals surface area contributed by atoms with Gasteiger partial charge in [0.05, 0.1) is 29.4 Å². The molecule has 0 aliphatic carbocycles. The van der Waals surface area contributed by atoms with Crippen LogP contribution in [0.2, 0.25) is 10.0 Å². The van der Waals surface area contributed by atoms with Crippen molar-refractivity contribution >= 4 is 47.2 Å². The summed E-state index contributed by atoms with van der Waals surface area (Å²) >= 11 is 11.6. The number of carbonyl (C=O) groups excluding carboxylic acids is 2. The molecule has 0 unspecified atom stereocenters. The van der Waals surface area contributed by atoms with E-state index in [9.17, 15) is 19.1 Å². The van der Waals surface area contributed by atoms with Crippen LogP contribution >= 0.6 is 23.2 Å². The van der Waals surface area contributed by atoms with E-state index >= 15 is 0 Å². The third kappa shape index (κ3) is 4.40. The van der Waals surface area contributed by atoms with Crippen LogP contribution in [0.1, 0.15) is 12.5 Å². The van der Waals surface area contributed by atoms with Gasteiger partial charge in [-0.15, -0.1) is 0 Å².